The first-order chi connectivity index (χ1) is 5.11. The summed E-state index contributed by atoms with van der Waals surface area (Å²) in [5.41, 5.74) is 0. The third-order valence-electron chi connectivity index (χ3n) is 1.65. The lowest BCUT2D eigenvalue weighted by atomic mass is 10.1. The highest BCUT2D eigenvalue weighted by molar-refractivity contribution is 7.95. The predicted molar refractivity (Wildman–Crippen MR) is 38.1 cm³/mol. The number of hydrogen-bond donors (Lipinski definition) is 1. The highest BCUT2D eigenvalue weighted by Crippen LogP contribution is 2.21. The summed E-state index contributed by atoms with van der Waals surface area (Å²) in [7, 11) is -3.47. The number of carbonyl (C=O) groups is 1. The predicted octanol–water partition coefficient (Wildman–Crippen LogP) is -0.689. The van der Waals surface area contributed by atoms with Gasteiger partial charge < -0.3 is 0 Å². The molecule has 2 aliphatic rings. The summed E-state index contributed by atoms with van der Waals surface area (Å²) in [6, 6.07) is -0.653. The minimum absolute atomic E-state index is 0.120. The van der Waals surface area contributed by atoms with E-state index in [0.717, 1.165) is 0 Å². The van der Waals surface area contributed by atoms with E-state index in [1.165, 1.54) is 12.2 Å². The van der Waals surface area contributed by atoms with E-state index in [9.17, 15) is 13.2 Å². The van der Waals surface area contributed by atoms with E-state index in [-0.39, 0.29) is 10.7 Å². The first kappa shape index (κ1) is 6.75. The fraction of sp³-hybridized carbons (Fsp3) is 0.167. The van der Waals surface area contributed by atoms with Crippen molar-refractivity contribution in [2.45, 2.75) is 6.04 Å². The van der Waals surface area contributed by atoms with Gasteiger partial charge in [-0.15, -0.1) is 0 Å². The second-order valence-corrected chi connectivity index (χ2v) is 4.06. The van der Waals surface area contributed by atoms with Gasteiger partial charge in [-0.3, -0.25) is 4.79 Å². The molecule has 0 aromatic rings. The van der Waals surface area contributed by atoms with Gasteiger partial charge in [0.05, 0.1) is 0 Å². The fourth-order valence-electron chi connectivity index (χ4n) is 1.12. The molecule has 4 nitrogen and oxygen atoms in total. The van der Waals surface area contributed by atoms with Crippen molar-refractivity contribution < 1.29 is 13.2 Å². The standard InChI is InChI=1S/C6H5NO3S/c8-6-4-2-1-3-5(6)11(9,10)7-4/h1-4,7H. The van der Waals surface area contributed by atoms with Crippen molar-refractivity contribution in [2.75, 3.05) is 0 Å². The van der Waals surface area contributed by atoms with Gasteiger partial charge in [0.15, 0.2) is 5.78 Å². The second kappa shape index (κ2) is 1.80. The minimum Gasteiger partial charge on any atom is -0.291 e. The summed E-state index contributed by atoms with van der Waals surface area (Å²) >= 11 is 0. The Hall–Kier alpha value is -0.940. The van der Waals surface area contributed by atoms with Crippen molar-refractivity contribution in [1.29, 1.82) is 0 Å². The van der Waals surface area contributed by atoms with E-state index in [2.05, 4.69) is 4.72 Å². The fourth-order valence-corrected chi connectivity index (χ4v) is 2.42. The Labute approximate surface area is 63.6 Å². The maximum absolute atomic E-state index is 11.0. The molecule has 1 N–H and O–H groups in total. The van der Waals surface area contributed by atoms with Crippen LogP contribution in [0.1, 0.15) is 0 Å². The molecule has 0 radical (unpaired) electrons. The normalized spacial score (nSPS) is 32.2. The van der Waals surface area contributed by atoms with E-state index < -0.39 is 16.1 Å². The van der Waals surface area contributed by atoms with Gasteiger partial charge in [0.1, 0.15) is 10.9 Å². The largest absolute Gasteiger partial charge is 0.291 e. The lowest BCUT2D eigenvalue weighted by molar-refractivity contribution is -0.115. The zero-order valence-electron chi connectivity index (χ0n) is 5.44. The molecule has 5 heteroatoms. The molecule has 0 aromatic carbocycles. The Bertz CT molecular complexity index is 377. The number of allylic oxidation sites excluding steroid dienone is 2. The van der Waals surface area contributed by atoms with Crippen LogP contribution < -0.4 is 4.72 Å². The summed E-state index contributed by atoms with van der Waals surface area (Å²) in [5, 5.41) is 0. The molecule has 1 aliphatic carbocycles. The number of fused-ring (bicyclic) bond motifs is 2. The third-order valence-corrected chi connectivity index (χ3v) is 3.13. The Morgan fingerprint density at radius 3 is 2.73 bits per heavy atom. The molecule has 0 amide bonds. The first-order valence-electron chi connectivity index (χ1n) is 3.06. The smallest absolute Gasteiger partial charge is 0.245 e. The van der Waals surface area contributed by atoms with Crippen LogP contribution in [-0.4, -0.2) is 20.2 Å². The molecule has 1 heterocycles. The monoisotopic (exact) mass is 171 g/mol. The Morgan fingerprint density at radius 1 is 1.45 bits per heavy atom. The summed E-state index contributed by atoms with van der Waals surface area (Å²) in [5.74, 6) is -0.354. The van der Waals surface area contributed by atoms with Crippen LogP contribution in [0, 0.1) is 0 Å². The lowest BCUT2D eigenvalue weighted by Gasteiger charge is -1.98. The molecule has 1 fully saturated rings. The third kappa shape index (κ3) is 0.780. The molecule has 1 saturated heterocycles. The van der Waals surface area contributed by atoms with Crippen LogP contribution in [0.25, 0.3) is 0 Å². The molecule has 1 aliphatic heterocycles. The van der Waals surface area contributed by atoms with E-state index >= 15 is 0 Å². The van der Waals surface area contributed by atoms with Crippen molar-refractivity contribution in [3.05, 3.63) is 23.1 Å². The van der Waals surface area contributed by atoms with Crippen molar-refractivity contribution >= 4 is 15.8 Å². The summed E-state index contributed by atoms with van der Waals surface area (Å²) < 4.78 is 24.2. The number of sulfonamides is 1. The molecule has 58 valence electrons. The summed E-state index contributed by atoms with van der Waals surface area (Å²) in [6.45, 7) is 0. The van der Waals surface area contributed by atoms with Gasteiger partial charge in [-0.1, -0.05) is 12.2 Å². The molecular weight excluding hydrogens is 166 g/mol. The topological polar surface area (TPSA) is 63.2 Å². The number of carbonyl (C=O) groups excluding carboxylic acids is 1. The van der Waals surface area contributed by atoms with Crippen LogP contribution in [0.5, 0.6) is 0 Å². The minimum atomic E-state index is -3.47. The van der Waals surface area contributed by atoms with Crippen molar-refractivity contribution in [3.8, 4) is 0 Å². The van der Waals surface area contributed by atoms with Gasteiger partial charge in [0.2, 0.25) is 10.0 Å². The molecular formula is C6H5NO3S. The maximum Gasteiger partial charge on any atom is 0.245 e. The average Bonchev–Trinajstić information content (AvgIpc) is 2.11. The van der Waals surface area contributed by atoms with Gasteiger partial charge in [-0.05, 0) is 6.08 Å². The molecule has 1 unspecified atom stereocenters. The molecule has 2 rings (SSSR count). The number of nitrogens with one attached hydrogen (secondary N) is 1. The zero-order valence-corrected chi connectivity index (χ0v) is 6.26. The Kier molecular flexibility index (Phi) is 1.11. The zero-order chi connectivity index (χ0) is 8.06. The van der Waals surface area contributed by atoms with Crippen molar-refractivity contribution in [2.24, 2.45) is 0 Å². The summed E-state index contributed by atoms with van der Waals surface area (Å²) in [6.07, 6.45) is 4.41. The van der Waals surface area contributed by atoms with E-state index in [0.29, 0.717) is 0 Å². The highest BCUT2D eigenvalue weighted by Gasteiger charge is 2.40. The molecule has 0 saturated carbocycles. The van der Waals surface area contributed by atoms with Crippen LogP contribution in [0.4, 0.5) is 0 Å². The molecule has 0 aromatic heterocycles. The molecule has 2 bridgehead atoms. The number of Topliss-reactive ketones (excluding diaryl/α,β-unsaturated/α-hetero) is 1. The van der Waals surface area contributed by atoms with Crippen LogP contribution >= 0.6 is 0 Å². The van der Waals surface area contributed by atoms with Gasteiger partial charge in [-0.25, -0.2) is 8.42 Å². The van der Waals surface area contributed by atoms with Crippen molar-refractivity contribution in [3.63, 3.8) is 0 Å². The van der Waals surface area contributed by atoms with Crippen LogP contribution in [-0.2, 0) is 14.8 Å². The van der Waals surface area contributed by atoms with Crippen molar-refractivity contribution in [1.82, 2.24) is 4.72 Å². The SMILES string of the molecule is O=C1C2=CC=CC1NS2(=O)=O. The van der Waals surface area contributed by atoms with E-state index in [4.69, 9.17) is 0 Å². The first-order valence-corrected chi connectivity index (χ1v) is 4.54. The number of ketones is 1. The number of rotatable bonds is 0. The lowest BCUT2D eigenvalue weighted by Crippen LogP contribution is -2.26. The second-order valence-electron chi connectivity index (χ2n) is 2.38. The van der Waals surface area contributed by atoms with Gasteiger partial charge in [-0.2, -0.15) is 4.72 Å². The quantitative estimate of drug-likeness (QED) is 0.524. The van der Waals surface area contributed by atoms with E-state index in [1.54, 1.807) is 6.08 Å². The molecule has 0 spiro atoms. The van der Waals surface area contributed by atoms with E-state index in [1.807, 2.05) is 0 Å². The van der Waals surface area contributed by atoms with Crippen LogP contribution in [0.2, 0.25) is 0 Å². The molecule has 11 heavy (non-hydrogen) atoms. The van der Waals surface area contributed by atoms with Gasteiger partial charge >= 0.3 is 0 Å². The van der Waals surface area contributed by atoms with Gasteiger partial charge in [0.25, 0.3) is 0 Å². The van der Waals surface area contributed by atoms with Crippen LogP contribution in [0.3, 0.4) is 0 Å². The Morgan fingerprint density at radius 2 is 2.18 bits per heavy atom. The maximum atomic E-state index is 11.0. The van der Waals surface area contributed by atoms with Gasteiger partial charge in [0, 0.05) is 0 Å². The summed E-state index contributed by atoms with van der Waals surface area (Å²) in [4.78, 5) is 10.9. The van der Waals surface area contributed by atoms with Crippen LogP contribution in [0.15, 0.2) is 23.1 Å². The molecule has 1 atom stereocenters. The highest BCUT2D eigenvalue weighted by atomic mass is 32.2. The Balaban J connectivity index is 2.68. The average molecular weight is 171 g/mol. The number of hydrogen-bond acceptors (Lipinski definition) is 3.